The average molecular weight is 369 g/mol. The Labute approximate surface area is 157 Å². The molecule has 0 saturated heterocycles. The van der Waals surface area contributed by atoms with Crippen LogP contribution in [0.15, 0.2) is 42.6 Å². The number of rotatable bonds is 7. The van der Waals surface area contributed by atoms with Gasteiger partial charge in [-0.3, -0.25) is 0 Å². The lowest BCUT2D eigenvalue weighted by atomic mass is 10.1. The fraction of sp³-hybridized carbons (Fsp3) is 0.350. The van der Waals surface area contributed by atoms with Crippen LogP contribution in [0.3, 0.4) is 0 Å². The van der Waals surface area contributed by atoms with Gasteiger partial charge < -0.3 is 20.5 Å². The molecular weight excluding hydrogens is 346 g/mol. The third kappa shape index (κ3) is 5.70. The van der Waals surface area contributed by atoms with Crippen molar-refractivity contribution >= 4 is 12.0 Å². The normalized spacial score (nSPS) is 13.9. The first-order valence-electron chi connectivity index (χ1n) is 9.05. The number of benzene rings is 1. The second-order valence-electron chi connectivity index (χ2n) is 6.57. The van der Waals surface area contributed by atoms with Gasteiger partial charge in [0.05, 0.1) is 5.56 Å². The number of amides is 2. The van der Waals surface area contributed by atoms with Crippen molar-refractivity contribution in [1.29, 1.82) is 0 Å². The van der Waals surface area contributed by atoms with Gasteiger partial charge in [-0.1, -0.05) is 18.2 Å². The fourth-order valence-electron chi connectivity index (χ4n) is 2.95. The van der Waals surface area contributed by atoms with E-state index in [0.29, 0.717) is 19.0 Å². The zero-order valence-corrected chi connectivity index (χ0v) is 15.0. The van der Waals surface area contributed by atoms with Gasteiger partial charge in [0.15, 0.2) is 0 Å². The number of carboxylic acids is 1. The molecule has 0 aliphatic heterocycles. The summed E-state index contributed by atoms with van der Waals surface area (Å²) in [4.78, 5) is 27.0. The number of carbonyl (C=O) groups is 2. The summed E-state index contributed by atoms with van der Waals surface area (Å²) >= 11 is 0. The highest BCUT2D eigenvalue weighted by Crippen LogP contribution is 2.22. The Hall–Kier alpha value is -3.09. The molecule has 0 bridgehead atoms. The Morgan fingerprint density at radius 3 is 2.22 bits per heavy atom. The number of ether oxygens (including phenoxy) is 1. The van der Waals surface area contributed by atoms with Gasteiger partial charge in [-0.15, -0.1) is 0 Å². The molecule has 1 aromatic carbocycles. The Balaban J connectivity index is 1.40. The molecule has 27 heavy (non-hydrogen) atoms. The third-order valence-corrected chi connectivity index (χ3v) is 4.49. The average Bonchev–Trinajstić information content (AvgIpc) is 3.19. The predicted molar refractivity (Wildman–Crippen MR) is 99.6 cm³/mol. The van der Waals surface area contributed by atoms with Gasteiger partial charge in [0.25, 0.3) is 0 Å². The number of aromatic nitrogens is 1. The number of nitrogens with zero attached hydrogens (tertiary/aromatic N) is 1. The predicted octanol–water partition coefficient (Wildman–Crippen LogP) is 3.10. The molecular formula is C20H23N3O4. The first-order valence-corrected chi connectivity index (χ1v) is 9.05. The molecule has 7 heteroatoms. The monoisotopic (exact) mass is 369 g/mol. The summed E-state index contributed by atoms with van der Waals surface area (Å²) in [5, 5.41) is 14.4. The Morgan fingerprint density at radius 1 is 1.00 bits per heavy atom. The van der Waals surface area contributed by atoms with E-state index >= 15 is 0 Å². The Morgan fingerprint density at radius 2 is 1.63 bits per heavy atom. The maximum absolute atomic E-state index is 11.9. The number of urea groups is 1. The van der Waals surface area contributed by atoms with Crippen LogP contribution in [-0.2, 0) is 13.1 Å². The summed E-state index contributed by atoms with van der Waals surface area (Å²) in [7, 11) is 0. The Bertz CT molecular complexity index is 769. The maximum atomic E-state index is 11.9. The lowest BCUT2D eigenvalue weighted by Gasteiger charge is -2.12. The SMILES string of the molecule is O=C(NCc1ccc(C(=O)O)cc1)NCc1ccc(OC2CCCC2)nc1. The lowest BCUT2D eigenvalue weighted by molar-refractivity contribution is 0.0697. The van der Waals surface area contributed by atoms with Gasteiger partial charge in [0.2, 0.25) is 5.88 Å². The molecule has 0 radical (unpaired) electrons. The topological polar surface area (TPSA) is 101 Å². The molecule has 2 aromatic rings. The highest BCUT2D eigenvalue weighted by molar-refractivity contribution is 5.87. The van der Waals surface area contributed by atoms with Crippen LogP contribution in [0.4, 0.5) is 4.79 Å². The number of hydrogen-bond acceptors (Lipinski definition) is 4. The number of carbonyl (C=O) groups excluding carboxylic acids is 1. The molecule has 1 fully saturated rings. The summed E-state index contributed by atoms with van der Waals surface area (Å²) in [6.45, 7) is 0.679. The van der Waals surface area contributed by atoms with Crippen molar-refractivity contribution in [2.75, 3.05) is 0 Å². The third-order valence-electron chi connectivity index (χ3n) is 4.49. The number of nitrogens with one attached hydrogen (secondary N) is 2. The van der Waals surface area contributed by atoms with E-state index in [1.807, 2.05) is 12.1 Å². The molecule has 1 heterocycles. The van der Waals surface area contributed by atoms with Crippen molar-refractivity contribution in [3.8, 4) is 5.88 Å². The van der Waals surface area contributed by atoms with E-state index in [9.17, 15) is 9.59 Å². The van der Waals surface area contributed by atoms with E-state index in [-0.39, 0.29) is 17.7 Å². The molecule has 1 saturated carbocycles. The summed E-state index contributed by atoms with van der Waals surface area (Å²) in [5.74, 6) is -0.347. The van der Waals surface area contributed by atoms with Crippen molar-refractivity contribution in [2.24, 2.45) is 0 Å². The van der Waals surface area contributed by atoms with E-state index in [2.05, 4.69) is 15.6 Å². The maximum Gasteiger partial charge on any atom is 0.335 e. The summed E-state index contributed by atoms with van der Waals surface area (Å²) in [6, 6.07) is 9.80. The molecule has 0 spiro atoms. The van der Waals surface area contributed by atoms with Crippen LogP contribution in [0.5, 0.6) is 5.88 Å². The minimum Gasteiger partial charge on any atom is -0.478 e. The van der Waals surface area contributed by atoms with Crippen LogP contribution in [0, 0.1) is 0 Å². The molecule has 3 N–H and O–H groups in total. The van der Waals surface area contributed by atoms with Gasteiger partial charge in [-0.25, -0.2) is 14.6 Å². The summed E-state index contributed by atoms with van der Waals surface area (Å²) < 4.78 is 5.82. The molecule has 2 amide bonds. The highest BCUT2D eigenvalue weighted by Gasteiger charge is 2.16. The molecule has 0 unspecified atom stereocenters. The molecule has 7 nitrogen and oxygen atoms in total. The first-order chi connectivity index (χ1) is 13.1. The van der Waals surface area contributed by atoms with Gasteiger partial charge in [0.1, 0.15) is 6.10 Å². The van der Waals surface area contributed by atoms with E-state index < -0.39 is 5.97 Å². The molecule has 3 rings (SSSR count). The first kappa shape index (κ1) is 18.7. The summed E-state index contributed by atoms with van der Waals surface area (Å²) in [5.41, 5.74) is 1.93. The number of pyridine rings is 1. The van der Waals surface area contributed by atoms with Gasteiger partial charge in [0, 0.05) is 25.4 Å². The Kier molecular flexibility index (Phi) is 6.25. The van der Waals surface area contributed by atoms with Crippen molar-refractivity contribution in [2.45, 2.75) is 44.9 Å². The zero-order valence-electron chi connectivity index (χ0n) is 15.0. The van der Waals surface area contributed by atoms with Crippen molar-refractivity contribution < 1.29 is 19.4 Å². The quantitative estimate of drug-likeness (QED) is 0.696. The minimum atomic E-state index is -0.972. The second kappa shape index (κ2) is 9.02. The van der Waals surface area contributed by atoms with Gasteiger partial charge in [-0.2, -0.15) is 0 Å². The van der Waals surface area contributed by atoms with E-state index in [1.54, 1.807) is 18.3 Å². The van der Waals surface area contributed by atoms with Crippen molar-refractivity contribution in [1.82, 2.24) is 15.6 Å². The zero-order chi connectivity index (χ0) is 19.1. The lowest BCUT2D eigenvalue weighted by Crippen LogP contribution is -2.34. The number of hydrogen-bond donors (Lipinski definition) is 3. The number of aromatic carboxylic acids is 1. The fourth-order valence-corrected chi connectivity index (χ4v) is 2.95. The van der Waals surface area contributed by atoms with Crippen molar-refractivity contribution in [3.05, 3.63) is 59.3 Å². The van der Waals surface area contributed by atoms with Crippen LogP contribution in [0.1, 0.15) is 47.2 Å². The molecule has 1 aliphatic carbocycles. The molecule has 1 aliphatic rings. The van der Waals surface area contributed by atoms with E-state index in [0.717, 1.165) is 24.0 Å². The second-order valence-corrected chi connectivity index (χ2v) is 6.57. The van der Waals surface area contributed by atoms with E-state index in [4.69, 9.17) is 9.84 Å². The molecule has 1 aromatic heterocycles. The smallest absolute Gasteiger partial charge is 0.335 e. The minimum absolute atomic E-state index is 0.219. The van der Waals surface area contributed by atoms with Crippen molar-refractivity contribution in [3.63, 3.8) is 0 Å². The highest BCUT2D eigenvalue weighted by atomic mass is 16.5. The largest absolute Gasteiger partial charge is 0.478 e. The summed E-state index contributed by atoms with van der Waals surface area (Å²) in [6.07, 6.45) is 6.58. The van der Waals surface area contributed by atoms with Gasteiger partial charge >= 0.3 is 12.0 Å². The molecule has 0 atom stereocenters. The van der Waals surface area contributed by atoms with Crippen LogP contribution >= 0.6 is 0 Å². The van der Waals surface area contributed by atoms with Crippen LogP contribution in [-0.4, -0.2) is 28.2 Å². The standard InChI is InChI=1S/C20H23N3O4/c24-19(25)16-8-5-14(6-9-16)11-22-20(26)23-13-15-7-10-18(21-12-15)27-17-3-1-2-4-17/h5-10,12,17H,1-4,11,13H2,(H,24,25)(H2,22,23,26). The molecule has 142 valence electrons. The van der Waals surface area contributed by atoms with Gasteiger partial charge in [-0.05, 0) is 48.9 Å². The van der Waals surface area contributed by atoms with Crippen LogP contribution in [0.2, 0.25) is 0 Å². The number of carboxylic acid groups (broad SMARTS) is 1. The van der Waals surface area contributed by atoms with Crippen LogP contribution in [0.25, 0.3) is 0 Å². The van der Waals surface area contributed by atoms with E-state index in [1.165, 1.54) is 25.0 Å². The van der Waals surface area contributed by atoms with Crippen LogP contribution < -0.4 is 15.4 Å².